The highest BCUT2D eigenvalue weighted by atomic mass is 32.2. The molecular weight excluding hydrogens is 270 g/mol. The SMILES string of the molecule is Cc1cc(CO)ccc1Sc1nnc2n1CCCCC2. The summed E-state index contributed by atoms with van der Waals surface area (Å²) >= 11 is 1.67. The van der Waals surface area contributed by atoms with Crippen LogP contribution in [0.25, 0.3) is 0 Å². The third kappa shape index (κ3) is 2.74. The van der Waals surface area contributed by atoms with Crippen molar-refractivity contribution in [2.24, 2.45) is 0 Å². The van der Waals surface area contributed by atoms with Crippen molar-refractivity contribution in [1.29, 1.82) is 0 Å². The van der Waals surface area contributed by atoms with Crippen LogP contribution in [0.3, 0.4) is 0 Å². The Labute approximate surface area is 123 Å². The molecule has 0 saturated carbocycles. The standard InChI is InChI=1S/C15H19N3OS/c1-11-9-12(10-19)6-7-13(11)20-15-17-16-14-5-3-2-4-8-18(14)15/h6-7,9,19H,2-5,8,10H2,1H3. The van der Waals surface area contributed by atoms with Crippen LogP contribution in [0, 0.1) is 6.92 Å². The summed E-state index contributed by atoms with van der Waals surface area (Å²) in [6, 6.07) is 6.06. The van der Waals surface area contributed by atoms with E-state index in [2.05, 4.69) is 27.8 Å². The smallest absolute Gasteiger partial charge is 0.196 e. The Hall–Kier alpha value is -1.33. The largest absolute Gasteiger partial charge is 0.392 e. The van der Waals surface area contributed by atoms with Gasteiger partial charge in [0.05, 0.1) is 6.61 Å². The molecule has 0 fully saturated rings. The summed E-state index contributed by atoms with van der Waals surface area (Å²) < 4.78 is 2.26. The first kappa shape index (κ1) is 13.6. The van der Waals surface area contributed by atoms with Crippen LogP contribution in [0.4, 0.5) is 0 Å². The van der Waals surface area contributed by atoms with Crippen LogP contribution in [-0.4, -0.2) is 19.9 Å². The lowest BCUT2D eigenvalue weighted by atomic mass is 10.1. The van der Waals surface area contributed by atoms with Gasteiger partial charge in [-0.3, -0.25) is 0 Å². The topological polar surface area (TPSA) is 50.9 Å². The van der Waals surface area contributed by atoms with Crippen LogP contribution >= 0.6 is 11.8 Å². The molecule has 2 heterocycles. The number of fused-ring (bicyclic) bond motifs is 1. The molecular formula is C15H19N3OS. The van der Waals surface area contributed by atoms with Gasteiger partial charge >= 0.3 is 0 Å². The number of rotatable bonds is 3. The predicted octanol–water partition coefficient (Wildman–Crippen LogP) is 2.96. The van der Waals surface area contributed by atoms with Gasteiger partial charge in [-0.15, -0.1) is 10.2 Å². The van der Waals surface area contributed by atoms with Crippen molar-refractivity contribution in [2.75, 3.05) is 0 Å². The maximum atomic E-state index is 9.17. The zero-order valence-electron chi connectivity index (χ0n) is 11.7. The van der Waals surface area contributed by atoms with E-state index in [1.54, 1.807) is 11.8 Å². The lowest BCUT2D eigenvalue weighted by Gasteiger charge is -2.09. The molecule has 1 aliphatic heterocycles. The van der Waals surface area contributed by atoms with Gasteiger partial charge in [-0.1, -0.05) is 18.6 Å². The summed E-state index contributed by atoms with van der Waals surface area (Å²) in [5, 5.41) is 18.8. The normalized spacial score (nSPS) is 14.9. The van der Waals surface area contributed by atoms with E-state index in [1.807, 2.05) is 12.1 Å². The van der Waals surface area contributed by atoms with Crippen molar-refractivity contribution >= 4 is 11.8 Å². The van der Waals surface area contributed by atoms with E-state index in [1.165, 1.54) is 29.7 Å². The fourth-order valence-electron chi connectivity index (χ4n) is 2.56. The molecule has 0 bridgehead atoms. The first-order chi connectivity index (χ1) is 9.78. The van der Waals surface area contributed by atoms with E-state index in [-0.39, 0.29) is 6.61 Å². The molecule has 0 aliphatic carbocycles. The second kappa shape index (κ2) is 5.97. The molecule has 4 nitrogen and oxygen atoms in total. The number of aliphatic hydroxyl groups excluding tert-OH is 1. The Morgan fingerprint density at radius 2 is 2.15 bits per heavy atom. The number of aliphatic hydroxyl groups is 1. The number of hydrogen-bond acceptors (Lipinski definition) is 4. The Bertz CT molecular complexity index is 609. The molecule has 3 rings (SSSR count). The van der Waals surface area contributed by atoms with E-state index < -0.39 is 0 Å². The lowest BCUT2D eigenvalue weighted by molar-refractivity contribution is 0.281. The minimum Gasteiger partial charge on any atom is -0.392 e. The molecule has 0 unspecified atom stereocenters. The summed E-state index contributed by atoms with van der Waals surface area (Å²) in [5.74, 6) is 1.12. The van der Waals surface area contributed by atoms with Crippen LogP contribution in [0.1, 0.15) is 36.2 Å². The lowest BCUT2D eigenvalue weighted by Crippen LogP contribution is -2.02. The van der Waals surface area contributed by atoms with E-state index in [4.69, 9.17) is 5.11 Å². The van der Waals surface area contributed by atoms with Crippen LogP contribution < -0.4 is 0 Å². The van der Waals surface area contributed by atoms with Gasteiger partial charge in [0.25, 0.3) is 0 Å². The van der Waals surface area contributed by atoms with E-state index >= 15 is 0 Å². The van der Waals surface area contributed by atoms with Crippen molar-refractivity contribution < 1.29 is 5.11 Å². The monoisotopic (exact) mass is 289 g/mol. The number of benzene rings is 1. The summed E-state index contributed by atoms with van der Waals surface area (Å²) in [6.45, 7) is 3.19. The summed E-state index contributed by atoms with van der Waals surface area (Å²) in [7, 11) is 0. The van der Waals surface area contributed by atoms with Gasteiger partial charge in [0.15, 0.2) is 5.16 Å². The molecule has 0 atom stereocenters. The van der Waals surface area contributed by atoms with E-state index in [0.29, 0.717) is 0 Å². The van der Waals surface area contributed by atoms with Gasteiger partial charge < -0.3 is 9.67 Å². The van der Waals surface area contributed by atoms with Crippen LogP contribution in [-0.2, 0) is 19.6 Å². The molecule has 0 radical (unpaired) electrons. The summed E-state index contributed by atoms with van der Waals surface area (Å²) in [5.41, 5.74) is 2.12. The molecule has 0 saturated heterocycles. The number of nitrogens with zero attached hydrogens (tertiary/aromatic N) is 3. The second-order valence-corrected chi connectivity index (χ2v) is 6.23. The molecule has 1 aromatic carbocycles. The van der Waals surface area contributed by atoms with Crippen molar-refractivity contribution in [1.82, 2.24) is 14.8 Å². The second-order valence-electron chi connectivity index (χ2n) is 5.22. The maximum Gasteiger partial charge on any atom is 0.196 e. The van der Waals surface area contributed by atoms with Gasteiger partial charge in [0.2, 0.25) is 0 Å². The van der Waals surface area contributed by atoms with Gasteiger partial charge in [-0.05, 0) is 48.7 Å². The third-order valence-corrected chi connectivity index (χ3v) is 4.86. The fourth-order valence-corrected chi connectivity index (χ4v) is 3.50. The summed E-state index contributed by atoms with van der Waals surface area (Å²) in [6.07, 6.45) is 4.74. The Balaban J connectivity index is 1.86. The zero-order chi connectivity index (χ0) is 13.9. The minimum absolute atomic E-state index is 0.0894. The molecule has 0 amide bonds. The molecule has 20 heavy (non-hydrogen) atoms. The Kier molecular flexibility index (Phi) is 4.08. The molecule has 106 valence electrons. The molecule has 5 heteroatoms. The van der Waals surface area contributed by atoms with Crippen molar-refractivity contribution in [3.05, 3.63) is 35.2 Å². The fraction of sp³-hybridized carbons (Fsp3) is 0.467. The Morgan fingerprint density at radius 3 is 2.95 bits per heavy atom. The van der Waals surface area contributed by atoms with Gasteiger partial charge in [0, 0.05) is 17.9 Å². The molecule has 2 aromatic rings. The number of aryl methyl sites for hydroxylation is 2. The number of aromatic nitrogens is 3. The van der Waals surface area contributed by atoms with Gasteiger partial charge in [-0.25, -0.2) is 0 Å². The summed E-state index contributed by atoms with van der Waals surface area (Å²) in [4.78, 5) is 1.18. The average Bonchev–Trinajstić information content (AvgIpc) is 2.69. The highest BCUT2D eigenvalue weighted by molar-refractivity contribution is 7.99. The van der Waals surface area contributed by atoms with Crippen molar-refractivity contribution in [2.45, 2.75) is 55.8 Å². The van der Waals surface area contributed by atoms with Gasteiger partial charge in [0.1, 0.15) is 5.82 Å². The maximum absolute atomic E-state index is 9.17. The minimum atomic E-state index is 0.0894. The molecule has 1 N–H and O–H groups in total. The average molecular weight is 289 g/mol. The van der Waals surface area contributed by atoms with Crippen LogP contribution in [0.5, 0.6) is 0 Å². The van der Waals surface area contributed by atoms with Crippen molar-refractivity contribution in [3.63, 3.8) is 0 Å². The van der Waals surface area contributed by atoms with Gasteiger partial charge in [-0.2, -0.15) is 0 Å². The van der Waals surface area contributed by atoms with E-state index in [0.717, 1.165) is 29.5 Å². The Morgan fingerprint density at radius 1 is 1.25 bits per heavy atom. The predicted molar refractivity (Wildman–Crippen MR) is 78.8 cm³/mol. The van der Waals surface area contributed by atoms with Crippen LogP contribution in [0.15, 0.2) is 28.3 Å². The molecule has 1 aliphatic rings. The highest BCUT2D eigenvalue weighted by Gasteiger charge is 2.16. The van der Waals surface area contributed by atoms with Crippen molar-refractivity contribution in [3.8, 4) is 0 Å². The number of hydrogen-bond donors (Lipinski definition) is 1. The van der Waals surface area contributed by atoms with Crippen LogP contribution in [0.2, 0.25) is 0 Å². The third-order valence-electron chi connectivity index (χ3n) is 3.70. The molecule has 1 aromatic heterocycles. The zero-order valence-corrected chi connectivity index (χ0v) is 12.5. The first-order valence-electron chi connectivity index (χ1n) is 7.08. The highest BCUT2D eigenvalue weighted by Crippen LogP contribution is 2.31. The first-order valence-corrected chi connectivity index (χ1v) is 7.90. The van der Waals surface area contributed by atoms with E-state index in [9.17, 15) is 0 Å². The molecule has 0 spiro atoms. The quantitative estimate of drug-likeness (QED) is 0.944.